The summed E-state index contributed by atoms with van der Waals surface area (Å²) >= 11 is 0. The smallest absolute Gasteiger partial charge is 0.330 e. The van der Waals surface area contributed by atoms with Gasteiger partial charge in [-0.2, -0.15) is 0 Å². The molecule has 0 aromatic rings. The summed E-state index contributed by atoms with van der Waals surface area (Å²) in [7, 11) is -0.419. The fourth-order valence-electron chi connectivity index (χ4n) is 2.80. The van der Waals surface area contributed by atoms with Crippen molar-refractivity contribution >= 4 is 14.3 Å². The number of methoxy groups -OCH3 is 1. The second kappa shape index (κ2) is 8.08. The van der Waals surface area contributed by atoms with Gasteiger partial charge < -0.3 is 13.9 Å². The molecule has 1 heterocycles. The van der Waals surface area contributed by atoms with Crippen molar-refractivity contribution in [2.24, 2.45) is 0 Å². The highest BCUT2D eigenvalue weighted by molar-refractivity contribution is 6.73. The molecule has 5 heteroatoms. The molecule has 0 saturated carbocycles. The minimum absolute atomic E-state index is 0.213. The number of hydrogen-bond donors (Lipinski definition) is 0. The maximum Gasteiger partial charge on any atom is 0.330 e. The van der Waals surface area contributed by atoms with Gasteiger partial charge in [0.2, 0.25) is 0 Å². The van der Waals surface area contributed by atoms with Crippen LogP contribution in [-0.2, 0) is 18.7 Å². The first-order chi connectivity index (χ1) is 10.4. The van der Waals surface area contributed by atoms with Crippen LogP contribution >= 0.6 is 0 Å². The molecule has 0 N–H and O–H groups in total. The lowest BCUT2D eigenvalue weighted by Gasteiger charge is -2.34. The van der Waals surface area contributed by atoms with Gasteiger partial charge in [-0.3, -0.25) is 0 Å². The molecule has 1 aliphatic rings. The molecule has 22 heavy (non-hydrogen) atoms. The Labute approximate surface area is 135 Å². The minimum Gasteiger partial charge on any atom is -0.466 e. The Morgan fingerprint density at radius 2 is 1.91 bits per heavy atom. The van der Waals surface area contributed by atoms with E-state index in [2.05, 4.69) is 27.4 Å². The molecule has 1 rings (SSSR count). The Bertz CT molecular complexity index is 414. The second-order valence-corrected chi connectivity index (χ2v) is 10.9. The first-order valence-corrected chi connectivity index (χ1v) is 10.6. The van der Waals surface area contributed by atoms with E-state index in [9.17, 15) is 4.79 Å². The fourth-order valence-corrected chi connectivity index (χ4v) is 5.63. The lowest BCUT2D eigenvalue weighted by molar-refractivity contribution is -0.134. The molecule has 0 unspecified atom stereocenters. The number of carbonyl (C=O) groups is 1. The van der Waals surface area contributed by atoms with E-state index in [1.165, 1.54) is 13.2 Å². The van der Waals surface area contributed by atoms with Crippen molar-refractivity contribution in [3.05, 3.63) is 24.3 Å². The molecule has 0 bridgehead atoms. The van der Waals surface area contributed by atoms with Gasteiger partial charge in [0.15, 0.2) is 8.32 Å². The van der Waals surface area contributed by atoms with Gasteiger partial charge in [-0.05, 0) is 31.1 Å². The third-order valence-corrected chi connectivity index (χ3v) is 9.17. The Kier molecular flexibility index (Phi) is 7.03. The number of epoxide rings is 1. The third kappa shape index (κ3) is 4.79. The van der Waals surface area contributed by atoms with Crippen molar-refractivity contribution in [3.8, 4) is 0 Å². The number of rotatable bonds is 10. The topological polar surface area (TPSA) is 48.1 Å². The molecule has 0 aromatic carbocycles. The molecule has 0 spiro atoms. The summed E-state index contributed by atoms with van der Waals surface area (Å²) in [6.07, 6.45) is 3.80. The van der Waals surface area contributed by atoms with E-state index in [4.69, 9.17) is 13.9 Å². The number of hydrogen-bond acceptors (Lipinski definition) is 4. The number of carbonyl (C=O) groups excluding carboxylic acids is 1. The average molecular weight is 327 g/mol. The SMILES string of the molecule is C=C(C)C[C@]1([C@@H](/C=C/C(=O)OC)O[Si](CC)(CC)CC)CO1. The molecule has 0 aliphatic carbocycles. The van der Waals surface area contributed by atoms with Gasteiger partial charge in [-0.15, -0.1) is 6.58 Å². The van der Waals surface area contributed by atoms with E-state index in [1.54, 1.807) is 0 Å². The maximum atomic E-state index is 11.4. The molecular weight excluding hydrogens is 296 g/mol. The molecule has 126 valence electrons. The second-order valence-electron chi connectivity index (χ2n) is 6.15. The highest BCUT2D eigenvalue weighted by Crippen LogP contribution is 2.41. The van der Waals surface area contributed by atoms with Crippen LogP contribution in [0.4, 0.5) is 0 Å². The van der Waals surface area contributed by atoms with Crippen LogP contribution in [0.2, 0.25) is 18.1 Å². The summed E-state index contributed by atoms with van der Waals surface area (Å²) in [5, 5.41) is 0. The van der Waals surface area contributed by atoms with Gasteiger partial charge >= 0.3 is 5.97 Å². The van der Waals surface area contributed by atoms with Gasteiger partial charge in [-0.25, -0.2) is 4.79 Å². The number of esters is 1. The predicted octanol–water partition coefficient (Wildman–Crippen LogP) is 3.84. The summed E-state index contributed by atoms with van der Waals surface area (Å²) < 4.78 is 17.0. The molecule has 0 aromatic heterocycles. The summed E-state index contributed by atoms with van der Waals surface area (Å²) in [5.74, 6) is -0.364. The van der Waals surface area contributed by atoms with Crippen LogP contribution in [0, 0.1) is 0 Å². The lowest BCUT2D eigenvalue weighted by atomic mass is 9.95. The third-order valence-electron chi connectivity index (χ3n) is 4.55. The van der Waals surface area contributed by atoms with Crippen LogP contribution in [0.5, 0.6) is 0 Å². The molecule has 2 atom stereocenters. The summed E-state index contributed by atoms with van der Waals surface area (Å²) in [6.45, 7) is 13.2. The van der Waals surface area contributed by atoms with Crippen LogP contribution in [0.25, 0.3) is 0 Å². The normalized spacial score (nSPS) is 22.6. The zero-order chi connectivity index (χ0) is 16.8. The summed E-state index contributed by atoms with van der Waals surface area (Å²) in [4.78, 5) is 11.4. The average Bonchev–Trinajstić information content (AvgIpc) is 3.27. The Morgan fingerprint density at radius 1 is 1.36 bits per heavy atom. The molecule has 0 amide bonds. The molecule has 1 aliphatic heterocycles. The van der Waals surface area contributed by atoms with Crippen LogP contribution in [-0.4, -0.2) is 39.7 Å². The fraction of sp³-hybridized carbons (Fsp3) is 0.706. The van der Waals surface area contributed by atoms with E-state index in [0.29, 0.717) is 6.61 Å². The monoisotopic (exact) mass is 326 g/mol. The van der Waals surface area contributed by atoms with Crippen molar-refractivity contribution in [3.63, 3.8) is 0 Å². The largest absolute Gasteiger partial charge is 0.466 e. The van der Waals surface area contributed by atoms with Gasteiger partial charge in [0.05, 0.1) is 19.8 Å². The van der Waals surface area contributed by atoms with Crippen LogP contribution < -0.4 is 0 Å². The summed E-state index contributed by atoms with van der Waals surface area (Å²) in [6, 6.07) is 3.18. The zero-order valence-corrected chi connectivity index (χ0v) is 15.6. The van der Waals surface area contributed by atoms with Crippen LogP contribution in [0.1, 0.15) is 34.1 Å². The summed E-state index contributed by atoms with van der Waals surface area (Å²) in [5.41, 5.74) is 0.711. The number of ether oxygens (including phenoxy) is 2. The van der Waals surface area contributed by atoms with Gasteiger partial charge in [0.25, 0.3) is 0 Å². The van der Waals surface area contributed by atoms with Crippen LogP contribution in [0.15, 0.2) is 24.3 Å². The highest BCUT2D eigenvalue weighted by atomic mass is 28.4. The van der Waals surface area contributed by atoms with E-state index in [1.807, 2.05) is 13.0 Å². The van der Waals surface area contributed by atoms with Crippen molar-refractivity contribution in [2.75, 3.05) is 13.7 Å². The Morgan fingerprint density at radius 3 is 2.27 bits per heavy atom. The maximum absolute atomic E-state index is 11.4. The molecular formula is C17H30O4Si. The van der Waals surface area contributed by atoms with Crippen molar-refractivity contribution in [1.29, 1.82) is 0 Å². The van der Waals surface area contributed by atoms with E-state index in [0.717, 1.165) is 30.1 Å². The molecule has 0 radical (unpaired) electrons. The quantitative estimate of drug-likeness (QED) is 0.201. The van der Waals surface area contributed by atoms with E-state index < -0.39 is 8.32 Å². The van der Waals surface area contributed by atoms with Gasteiger partial charge in [0, 0.05) is 12.5 Å². The van der Waals surface area contributed by atoms with Crippen LogP contribution in [0.3, 0.4) is 0 Å². The van der Waals surface area contributed by atoms with E-state index in [-0.39, 0.29) is 17.7 Å². The van der Waals surface area contributed by atoms with E-state index >= 15 is 0 Å². The minimum atomic E-state index is -1.80. The predicted molar refractivity (Wildman–Crippen MR) is 91.3 cm³/mol. The lowest BCUT2D eigenvalue weighted by Crippen LogP contribution is -2.45. The van der Waals surface area contributed by atoms with Gasteiger partial charge in [0.1, 0.15) is 5.60 Å². The highest BCUT2D eigenvalue weighted by Gasteiger charge is 2.53. The molecule has 1 fully saturated rings. The van der Waals surface area contributed by atoms with Crippen molar-refractivity contribution < 1.29 is 18.7 Å². The first kappa shape index (κ1) is 19.1. The van der Waals surface area contributed by atoms with Crippen molar-refractivity contribution in [2.45, 2.75) is 64.0 Å². The Balaban J connectivity index is 2.99. The van der Waals surface area contributed by atoms with Gasteiger partial charge in [-0.1, -0.05) is 26.3 Å². The zero-order valence-electron chi connectivity index (χ0n) is 14.6. The Hall–Kier alpha value is -0.913. The molecule has 1 saturated heterocycles. The standard InChI is InChI=1S/C17H30O4Si/c1-7-22(8-2,9-3)21-15(10-11-16(18)19-6)17(13-20-17)12-14(4)5/h10-11,15H,4,7-9,12-13H2,1-3,5-6H3/b11-10+/t15-,17-/m1/s1. The molecule has 4 nitrogen and oxygen atoms in total. The van der Waals surface area contributed by atoms with Crippen molar-refractivity contribution in [1.82, 2.24) is 0 Å². The first-order valence-electron chi connectivity index (χ1n) is 8.09.